The van der Waals surface area contributed by atoms with Gasteiger partial charge in [-0.15, -0.1) is 11.3 Å². The lowest BCUT2D eigenvalue weighted by atomic mass is 9.94. The highest BCUT2D eigenvalue weighted by Crippen LogP contribution is 2.49. The molecule has 0 aliphatic carbocycles. The molecule has 0 aliphatic rings. The monoisotopic (exact) mass is 894 g/mol. The Labute approximate surface area is 403 Å². The van der Waals surface area contributed by atoms with Gasteiger partial charge in [0, 0.05) is 43.2 Å². The third kappa shape index (κ3) is 6.47. The van der Waals surface area contributed by atoms with Crippen LogP contribution in [-0.2, 0) is 0 Å². The average Bonchev–Trinajstić information content (AvgIpc) is 3.98. The van der Waals surface area contributed by atoms with Crippen LogP contribution in [-0.4, -0.2) is 4.57 Å². The lowest BCUT2D eigenvalue weighted by molar-refractivity contribution is 1.18. The Bertz CT molecular complexity index is 4260. The van der Waals surface area contributed by atoms with Gasteiger partial charge in [-0.25, -0.2) is 0 Å². The van der Waals surface area contributed by atoms with Crippen molar-refractivity contribution in [1.82, 2.24) is 4.57 Å². The normalized spacial score (nSPS) is 11.8. The van der Waals surface area contributed by atoms with Crippen molar-refractivity contribution in [2.45, 2.75) is 0 Å². The van der Waals surface area contributed by atoms with E-state index in [0.717, 1.165) is 28.3 Å². The van der Waals surface area contributed by atoms with Crippen LogP contribution in [0.25, 0.3) is 113 Å². The molecular formula is C66H42N2S. The third-order valence-electron chi connectivity index (χ3n) is 14.2. The van der Waals surface area contributed by atoms with E-state index in [-0.39, 0.29) is 0 Å². The number of hydrogen-bond donors (Lipinski definition) is 0. The standard InChI is InChI=1S/C66H42N2S/c1-2-14-44(15-3-1)60-42-49(48-33-37-54-50(40-48)29-28-45-16-4-6-20-53(45)54)34-39-63(60)67(64-27-13-24-58-59-38-32-46-17-5-7-21-55(46)65(59)69-66(58)64)51-35-30-43(31-36-51)47-18-12-19-52(41-47)68-61-25-10-8-22-56(61)57-23-9-11-26-62(57)68/h1-42H. The number of aromatic nitrogens is 1. The van der Waals surface area contributed by atoms with Crippen molar-refractivity contribution in [2.24, 2.45) is 0 Å². The predicted octanol–water partition coefficient (Wildman–Crippen LogP) is 19.1. The summed E-state index contributed by atoms with van der Waals surface area (Å²) in [6.07, 6.45) is 0. The van der Waals surface area contributed by atoms with Crippen LogP contribution in [0.5, 0.6) is 0 Å². The molecule has 0 saturated heterocycles. The van der Waals surface area contributed by atoms with Crippen molar-refractivity contribution in [3.8, 4) is 39.1 Å². The van der Waals surface area contributed by atoms with E-state index < -0.39 is 0 Å². The average molecular weight is 895 g/mol. The van der Waals surface area contributed by atoms with Crippen molar-refractivity contribution < 1.29 is 0 Å². The van der Waals surface area contributed by atoms with E-state index in [1.807, 2.05) is 11.3 Å². The topological polar surface area (TPSA) is 8.17 Å². The SMILES string of the molecule is c1ccc(-c2cc(-c3ccc4c(ccc5ccccc54)c3)ccc2N(c2ccc(-c3cccc(-n4c5ccccc5c5ccccc54)c3)cc2)c2cccc3c2sc2c4ccccc4ccc32)cc1. The van der Waals surface area contributed by atoms with Crippen LogP contribution in [0.1, 0.15) is 0 Å². The summed E-state index contributed by atoms with van der Waals surface area (Å²) >= 11 is 1.90. The van der Waals surface area contributed by atoms with E-state index >= 15 is 0 Å². The molecule has 0 saturated carbocycles. The molecular weight excluding hydrogens is 853 g/mol. The van der Waals surface area contributed by atoms with Crippen LogP contribution in [0.2, 0.25) is 0 Å². The van der Waals surface area contributed by atoms with E-state index in [9.17, 15) is 0 Å². The smallest absolute Gasteiger partial charge is 0.0640 e. The van der Waals surface area contributed by atoms with Gasteiger partial charge in [-0.1, -0.05) is 194 Å². The second kappa shape index (κ2) is 16.0. The van der Waals surface area contributed by atoms with E-state index in [1.165, 1.54) is 102 Å². The summed E-state index contributed by atoms with van der Waals surface area (Å²) in [5, 5.41) is 12.7. The lowest BCUT2D eigenvalue weighted by Crippen LogP contribution is -2.11. The molecule has 0 amide bonds. The predicted molar refractivity (Wildman–Crippen MR) is 297 cm³/mol. The highest BCUT2D eigenvalue weighted by atomic mass is 32.1. The van der Waals surface area contributed by atoms with E-state index in [4.69, 9.17) is 0 Å². The maximum Gasteiger partial charge on any atom is 0.0640 e. The van der Waals surface area contributed by atoms with Gasteiger partial charge in [-0.3, -0.25) is 0 Å². The molecule has 0 fully saturated rings. The summed E-state index contributed by atoms with van der Waals surface area (Å²) in [6, 6.07) is 93.8. The number of rotatable bonds is 7. The Morgan fingerprint density at radius 2 is 0.826 bits per heavy atom. The van der Waals surface area contributed by atoms with Gasteiger partial charge in [0.1, 0.15) is 0 Å². The van der Waals surface area contributed by atoms with Crippen molar-refractivity contribution in [1.29, 1.82) is 0 Å². The zero-order valence-electron chi connectivity index (χ0n) is 37.6. The van der Waals surface area contributed by atoms with Crippen LogP contribution >= 0.6 is 11.3 Å². The molecule has 12 aromatic carbocycles. The van der Waals surface area contributed by atoms with Gasteiger partial charge >= 0.3 is 0 Å². The van der Waals surface area contributed by atoms with Crippen molar-refractivity contribution in [3.63, 3.8) is 0 Å². The lowest BCUT2D eigenvalue weighted by Gasteiger charge is -2.29. The van der Waals surface area contributed by atoms with Gasteiger partial charge < -0.3 is 9.47 Å². The summed E-state index contributed by atoms with van der Waals surface area (Å²) in [5.74, 6) is 0. The molecule has 14 rings (SSSR count). The van der Waals surface area contributed by atoms with Crippen molar-refractivity contribution in [3.05, 3.63) is 255 Å². The first kappa shape index (κ1) is 39.4. The first-order valence-corrected chi connectivity index (χ1v) is 24.5. The number of thiophene rings is 1. The van der Waals surface area contributed by atoms with Crippen molar-refractivity contribution >= 4 is 103 Å². The maximum atomic E-state index is 2.50. The van der Waals surface area contributed by atoms with Crippen LogP contribution in [0, 0.1) is 0 Å². The summed E-state index contributed by atoms with van der Waals surface area (Å²) in [4.78, 5) is 2.50. The van der Waals surface area contributed by atoms with Crippen LogP contribution in [0.3, 0.4) is 0 Å². The fourth-order valence-corrected chi connectivity index (χ4v) is 12.2. The molecule has 2 heterocycles. The molecule has 0 radical (unpaired) electrons. The maximum absolute atomic E-state index is 2.50. The van der Waals surface area contributed by atoms with E-state index in [0.29, 0.717) is 0 Å². The van der Waals surface area contributed by atoms with Crippen molar-refractivity contribution in [2.75, 3.05) is 4.90 Å². The minimum absolute atomic E-state index is 1.09. The molecule has 0 atom stereocenters. The van der Waals surface area contributed by atoms with E-state index in [1.54, 1.807) is 0 Å². The number of fused-ring (bicyclic) bond motifs is 11. The molecule has 2 aromatic heterocycles. The van der Waals surface area contributed by atoms with Crippen LogP contribution in [0.15, 0.2) is 255 Å². The number of benzene rings is 12. The Morgan fingerprint density at radius 1 is 0.290 bits per heavy atom. The molecule has 3 heteroatoms. The van der Waals surface area contributed by atoms with Crippen LogP contribution < -0.4 is 4.90 Å². The molecule has 322 valence electrons. The minimum atomic E-state index is 1.09. The second-order valence-electron chi connectivity index (χ2n) is 18.0. The largest absolute Gasteiger partial charge is 0.309 e. The third-order valence-corrected chi connectivity index (χ3v) is 15.4. The summed E-state index contributed by atoms with van der Waals surface area (Å²) in [5.41, 5.74) is 14.0. The second-order valence-corrected chi connectivity index (χ2v) is 19.1. The Hall–Kier alpha value is -8.76. The summed E-state index contributed by atoms with van der Waals surface area (Å²) in [7, 11) is 0. The van der Waals surface area contributed by atoms with Gasteiger partial charge in [0.15, 0.2) is 0 Å². The molecule has 0 spiro atoms. The van der Waals surface area contributed by atoms with Gasteiger partial charge in [0.25, 0.3) is 0 Å². The Balaban J connectivity index is 0.949. The fraction of sp³-hybridized carbons (Fsp3) is 0. The molecule has 2 nitrogen and oxygen atoms in total. The van der Waals surface area contributed by atoms with E-state index in [2.05, 4.69) is 264 Å². The first-order valence-electron chi connectivity index (χ1n) is 23.7. The summed E-state index contributed by atoms with van der Waals surface area (Å²) in [6.45, 7) is 0. The Kier molecular flexibility index (Phi) is 9.11. The minimum Gasteiger partial charge on any atom is -0.309 e. The molecule has 0 aliphatic heterocycles. The fourth-order valence-electron chi connectivity index (χ4n) is 10.9. The van der Waals surface area contributed by atoms with Gasteiger partial charge in [0.05, 0.1) is 27.1 Å². The quantitative estimate of drug-likeness (QED) is 0.145. The Morgan fingerprint density at radius 3 is 1.62 bits per heavy atom. The first-order chi connectivity index (χ1) is 34.2. The van der Waals surface area contributed by atoms with Gasteiger partial charge in [0.2, 0.25) is 0 Å². The van der Waals surface area contributed by atoms with Gasteiger partial charge in [-0.2, -0.15) is 0 Å². The molecule has 69 heavy (non-hydrogen) atoms. The van der Waals surface area contributed by atoms with Gasteiger partial charge in [-0.05, 0) is 121 Å². The molecule has 0 unspecified atom stereocenters. The molecule has 14 aromatic rings. The zero-order chi connectivity index (χ0) is 45.4. The van der Waals surface area contributed by atoms with Crippen LogP contribution in [0.4, 0.5) is 17.1 Å². The summed E-state index contributed by atoms with van der Waals surface area (Å²) < 4.78 is 4.97. The highest BCUT2D eigenvalue weighted by Gasteiger charge is 2.23. The highest BCUT2D eigenvalue weighted by molar-refractivity contribution is 7.27. The number of para-hydroxylation sites is 2. The number of nitrogens with zero attached hydrogens (tertiary/aromatic N) is 2. The number of hydrogen-bond acceptors (Lipinski definition) is 2. The number of anilines is 3. The zero-order valence-corrected chi connectivity index (χ0v) is 38.4. The molecule has 0 N–H and O–H groups in total. The molecule has 0 bridgehead atoms.